The molecule has 0 spiro atoms. The molecular formula is C33H44ClNO2. The number of nitriles is 1. The van der Waals surface area contributed by atoms with Crippen molar-refractivity contribution in [1.29, 1.82) is 5.26 Å². The molecule has 37 heavy (non-hydrogen) atoms. The third-order valence-electron chi connectivity index (χ3n) is 8.19. The van der Waals surface area contributed by atoms with E-state index in [9.17, 15) is 10.1 Å². The Bertz CT molecular complexity index is 1010. The smallest absolute Gasteiger partial charge is 0.329 e. The van der Waals surface area contributed by atoms with Crippen molar-refractivity contribution < 1.29 is 9.53 Å². The molecule has 2 unspecified atom stereocenters. The molecule has 1 aliphatic rings. The molecule has 200 valence electrons. The molecule has 2 aromatic carbocycles. The molecule has 1 fully saturated rings. The molecule has 0 heterocycles. The fraction of sp³-hybridized carbons (Fsp3) is 0.576. The fourth-order valence-corrected chi connectivity index (χ4v) is 5.48. The second-order valence-electron chi connectivity index (χ2n) is 11.5. The zero-order valence-corrected chi connectivity index (χ0v) is 23.9. The number of nitrogens with zero attached hydrogens (tertiary/aromatic N) is 1. The van der Waals surface area contributed by atoms with Gasteiger partial charge in [-0.25, -0.2) is 0 Å². The maximum absolute atomic E-state index is 12.1. The summed E-state index contributed by atoms with van der Waals surface area (Å²) in [5.41, 5.74) is 3.46. The van der Waals surface area contributed by atoms with Crippen LogP contribution in [-0.2, 0) is 4.79 Å². The van der Waals surface area contributed by atoms with E-state index in [1.165, 1.54) is 37.7 Å². The third-order valence-corrected chi connectivity index (χ3v) is 8.88. The Morgan fingerprint density at radius 3 is 2.14 bits per heavy atom. The lowest BCUT2D eigenvalue weighted by molar-refractivity contribution is -0.134. The van der Waals surface area contributed by atoms with Crippen LogP contribution in [0.5, 0.6) is 5.75 Å². The van der Waals surface area contributed by atoms with Gasteiger partial charge in [0.2, 0.25) is 0 Å². The molecule has 4 heteroatoms. The molecule has 2 atom stereocenters. The first-order valence-electron chi connectivity index (χ1n) is 14.2. The van der Waals surface area contributed by atoms with Crippen molar-refractivity contribution in [2.24, 2.45) is 17.3 Å². The Morgan fingerprint density at radius 2 is 1.59 bits per heavy atom. The maximum Gasteiger partial charge on any atom is 0.329 e. The summed E-state index contributed by atoms with van der Waals surface area (Å²) in [6.45, 7) is 8.41. The number of benzene rings is 2. The third kappa shape index (κ3) is 8.34. The summed E-state index contributed by atoms with van der Waals surface area (Å²) in [5, 5.41) is 9.37. The van der Waals surface area contributed by atoms with Crippen LogP contribution in [0.15, 0.2) is 48.5 Å². The van der Waals surface area contributed by atoms with Crippen LogP contribution in [0.25, 0.3) is 11.1 Å². The van der Waals surface area contributed by atoms with Crippen molar-refractivity contribution in [1.82, 2.24) is 0 Å². The normalized spacial score (nSPS) is 21.3. The number of alkyl halides is 1. The highest BCUT2D eigenvalue weighted by atomic mass is 35.5. The monoisotopic (exact) mass is 521 g/mol. The molecule has 0 N–H and O–H groups in total. The molecule has 3 nitrogen and oxygen atoms in total. The molecule has 0 bridgehead atoms. The van der Waals surface area contributed by atoms with E-state index in [-0.39, 0.29) is 11.3 Å². The minimum Gasteiger partial charge on any atom is -0.425 e. The summed E-state index contributed by atoms with van der Waals surface area (Å²) in [5.74, 6) is 1.37. The summed E-state index contributed by atoms with van der Waals surface area (Å²) >= 11 is 6.10. The van der Waals surface area contributed by atoms with Crippen molar-refractivity contribution >= 4 is 17.6 Å². The Morgan fingerprint density at radius 1 is 1.00 bits per heavy atom. The largest absolute Gasteiger partial charge is 0.425 e. The number of unbranched alkanes of at least 4 members (excludes halogenated alkanes) is 2. The van der Waals surface area contributed by atoms with E-state index in [4.69, 9.17) is 16.3 Å². The Hall–Kier alpha value is -2.31. The molecule has 1 aliphatic carbocycles. The van der Waals surface area contributed by atoms with Crippen molar-refractivity contribution in [3.05, 3.63) is 54.1 Å². The Labute approximate surface area is 229 Å². The lowest BCUT2D eigenvalue weighted by atomic mass is 9.67. The fourth-order valence-electron chi connectivity index (χ4n) is 5.44. The minimum atomic E-state index is -0.649. The number of rotatable bonds is 12. The number of esters is 1. The maximum atomic E-state index is 12.1. The van der Waals surface area contributed by atoms with Crippen LogP contribution in [0.1, 0.15) is 103 Å². The van der Waals surface area contributed by atoms with E-state index in [1.54, 1.807) is 0 Å². The molecule has 0 aliphatic heterocycles. The zero-order valence-electron chi connectivity index (χ0n) is 23.1. The van der Waals surface area contributed by atoms with E-state index in [1.807, 2.05) is 38.1 Å². The summed E-state index contributed by atoms with van der Waals surface area (Å²) in [6.07, 6.45) is 11.6. The van der Waals surface area contributed by atoms with Gasteiger partial charge in [-0.05, 0) is 85.1 Å². The van der Waals surface area contributed by atoms with E-state index in [2.05, 4.69) is 44.2 Å². The van der Waals surface area contributed by atoms with Gasteiger partial charge in [-0.1, -0.05) is 89.8 Å². The molecule has 0 saturated heterocycles. The summed E-state index contributed by atoms with van der Waals surface area (Å²) < 4.78 is 5.41. The number of hydrogen-bond acceptors (Lipinski definition) is 3. The topological polar surface area (TPSA) is 50.1 Å². The average molecular weight is 522 g/mol. The first kappa shape index (κ1) is 29.2. The van der Waals surface area contributed by atoms with Gasteiger partial charge in [0.1, 0.15) is 11.1 Å². The van der Waals surface area contributed by atoms with Gasteiger partial charge in [0.15, 0.2) is 0 Å². The van der Waals surface area contributed by atoms with Crippen molar-refractivity contribution in [2.45, 2.75) is 103 Å². The second kappa shape index (κ2) is 14.0. The van der Waals surface area contributed by atoms with Gasteiger partial charge in [-0.3, -0.25) is 4.79 Å². The standard InChI is InChI=1S/C33H44ClNO2/c1-5-6-7-8-25(4)17-20-33(23-35)21-18-29(19-22-33)27-11-9-26(10-12-27)28-13-15-30(16-14-28)37-32(36)31(34)24(2)3/h9-16,24-25,29,31H,5-8,17-22H2,1-4H3. The quantitative estimate of drug-likeness (QED) is 0.121. The van der Waals surface area contributed by atoms with E-state index in [0.29, 0.717) is 11.7 Å². The number of carbonyl (C=O) groups excluding carboxylic acids is 1. The summed E-state index contributed by atoms with van der Waals surface area (Å²) in [7, 11) is 0. The van der Waals surface area contributed by atoms with E-state index < -0.39 is 11.3 Å². The predicted molar refractivity (Wildman–Crippen MR) is 154 cm³/mol. The number of carbonyl (C=O) groups is 1. The lowest BCUT2D eigenvalue weighted by Crippen LogP contribution is -2.26. The molecule has 1 saturated carbocycles. The molecule has 0 amide bonds. The van der Waals surface area contributed by atoms with E-state index in [0.717, 1.165) is 49.1 Å². The molecule has 2 aromatic rings. The Balaban J connectivity index is 1.53. The minimum absolute atomic E-state index is 0.0245. The van der Waals surface area contributed by atoms with Crippen LogP contribution >= 0.6 is 11.6 Å². The highest BCUT2D eigenvalue weighted by molar-refractivity contribution is 6.30. The van der Waals surface area contributed by atoms with Gasteiger partial charge in [-0.2, -0.15) is 5.26 Å². The number of hydrogen-bond donors (Lipinski definition) is 0. The lowest BCUT2D eigenvalue weighted by Gasteiger charge is -2.36. The summed E-state index contributed by atoms with van der Waals surface area (Å²) in [4.78, 5) is 12.1. The highest BCUT2D eigenvalue weighted by Crippen LogP contribution is 2.46. The highest BCUT2D eigenvalue weighted by Gasteiger charge is 2.35. The average Bonchev–Trinajstić information content (AvgIpc) is 2.92. The first-order valence-corrected chi connectivity index (χ1v) is 14.7. The van der Waals surface area contributed by atoms with Crippen molar-refractivity contribution in [2.75, 3.05) is 0 Å². The Kier molecular flexibility index (Phi) is 11.1. The SMILES string of the molecule is CCCCCC(C)CCC1(C#N)CCC(c2ccc(-c3ccc(OC(=O)C(Cl)C(C)C)cc3)cc2)CC1. The van der Waals surface area contributed by atoms with Gasteiger partial charge in [-0.15, -0.1) is 11.6 Å². The van der Waals surface area contributed by atoms with Gasteiger partial charge in [0.05, 0.1) is 11.5 Å². The second-order valence-corrected chi connectivity index (χ2v) is 12.0. The first-order chi connectivity index (χ1) is 17.8. The number of halogens is 1. The zero-order chi connectivity index (χ0) is 26.8. The van der Waals surface area contributed by atoms with Crippen molar-refractivity contribution in [3.8, 4) is 22.9 Å². The van der Waals surface area contributed by atoms with E-state index >= 15 is 0 Å². The van der Waals surface area contributed by atoms with Crippen LogP contribution in [0.2, 0.25) is 0 Å². The number of ether oxygens (including phenoxy) is 1. The van der Waals surface area contributed by atoms with Crippen LogP contribution in [-0.4, -0.2) is 11.3 Å². The van der Waals surface area contributed by atoms with Gasteiger partial charge >= 0.3 is 5.97 Å². The van der Waals surface area contributed by atoms with Crippen LogP contribution < -0.4 is 4.74 Å². The molecule has 0 aromatic heterocycles. The van der Waals surface area contributed by atoms with Gasteiger partial charge in [0, 0.05) is 0 Å². The predicted octanol–water partition coefficient (Wildman–Crippen LogP) is 9.69. The van der Waals surface area contributed by atoms with Crippen LogP contribution in [0, 0.1) is 28.6 Å². The van der Waals surface area contributed by atoms with Gasteiger partial charge < -0.3 is 4.74 Å². The molecule has 0 radical (unpaired) electrons. The molecular weight excluding hydrogens is 478 g/mol. The summed E-state index contributed by atoms with van der Waals surface area (Å²) in [6, 6.07) is 19.1. The van der Waals surface area contributed by atoms with Crippen LogP contribution in [0.3, 0.4) is 0 Å². The van der Waals surface area contributed by atoms with Crippen LogP contribution in [0.4, 0.5) is 0 Å². The van der Waals surface area contributed by atoms with Crippen molar-refractivity contribution in [3.63, 3.8) is 0 Å². The van der Waals surface area contributed by atoms with Gasteiger partial charge in [0.25, 0.3) is 0 Å². The molecule has 3 rings (SSSR count).